The molecule has 0 saturated heterocycles. The molecule has 0 amide bonds. The largest absolute Gasteiger partial charge is 0.501 e. The summed E-state index contributed by atoms with van der Waals surface area (Å²) in [5.74, 6) is 1.52. The molecule has 1 radical (unpaired) electrons. The number of hydrogen-bond acceptors (Lipinski definition) is 4. The molecule has 0 spiro atoms. The molecule has 0 atom stereocenters. The van der Waals surface area contributed by atoms with Gasteiger partial charge in [-0.25, -0.2) is 0 Å². The first-order valence-electron chi connectivity index (χ1n) is 17.3. The molecule has 0 aliphatic carbocycles. The van der Waals surface area contributed by atoms with Crippen molar-refractivity contribution in [2.45, 2.75) is 67.2 Å². The van der Waals surface area contributed by atoms with E-state index in [2.05, 4.69) is 118 Å². The first-order chi connectivity index (χ1) is 24.1. The molecule has 5 nitrogen and oxygen atoms in total. The molecule has 4 aromatic carbocycles. The van der Waals surface area contributed by atoms with Gasteiger partial charge in [0.05, 0.1) is 28.1 Å². The predicted octanol–water partition coefficient (Wildman–Crippen LogP) is 11.8. The average Bonchev–Trinajstić information content (AvgIpc) is 3.68. The summed E-state index contributed by atoms with van der Waals surface area (Å²) in [5, 5.41) is 2.18. The Kier molecular flexibility index (Phi) is 10.4. The molecule has 0 aliphatic rings. The molecular formula is C45H42IrN4O-2. The number of para-hydroxylation sites is 2. The Labute approximate surface area is 314 Å². The Morgan fingerprint density at radius 1 is 0.725 bits per heavy atom. The SMILES string of the molecule is Cc1c[c-]c(-c2ccc(C)cn2)cc1.Cc1cc2nc(-c3[c-]ccc4c3oc3ccccc34)n(-c3c(C(C)C)cccc3C(C)C)c2c(C)n1.[Ir]. The van der Waals surface area contributed by atoms with E-state index in [-0.39, 0.29) is 20.1 Å². The zero-order chi connectivity index (χ0) is 35.1. The average molecular weight is 847 g/mol. The minimum atomic E-state index is 0. The van der Waals surface area contributed by atoms with Gasteiger partial charge in [-0.05, 0) is 67.1 Å². The van der Waals surface area contributed by atoms with E-state index in [1.54, 1.807) is 0 Å². The van der Waals surface area contributed by atoms with Crippen molar-refractivity contribution in [3.8, 4) is 28.3 Å². The van der Waals surface area contributed by atoms with Crippen LogP contribution in [0.5, 0.6) is 0 Å². The number of aromatic nitrogens is 4. The second-order valence-corrected chi connectivity index (χ2v) is 13.8. The third kappa shape index (κ3) is 6.91. The van der Waals surface area contributed by atoms with Gasteiger partial charge in [0.2, 0.25) is 0 Å². The summed E-state index contributed by atoms with van der Waals surface area (Å²) in [5.41, 5.74) is 14.7. The zero-order valence-electron chi connectivity index (χ0n) is 30.4. The van der Waals surface area contributed by atoms with Crippen LogP contribution in [0.25, 0.3) is 61.3 Å². The van der Waals surface area contributed by atoms with Crippen molar-refractivity contribution < 1.29 is 24.5 Å². The maximum atomic E-state index is 6.43. The van der Waals surface area contributed by atoms with Gasteiger partial charge in [-0.2, -0.15) is 0 Å². The molecule has 0 bridgehead atoms. The second-order valence-electron chi connectivity index (χ2n) is 13.8. The van der Waals surface area contributed by atoms with Crippen LogP contribution in [0.1, 0.15) is 73.2 Å². The molecule has 0 unspecified atom stereocenters. The van der Waals surface area contributed by atoms with Gasteiger partial charge >= 0.3 is 0 Å². The van der Waals surface area contributed by atoms with E-state index in [4.69, 9.17) is 14.4 Å². The van der Waals surface area contributed by atoms with Crippen LogP contribution in [-0.4, -0.2) is 19.5 Å². The van der Waals surface area contributed by atoms with Crippen LogP contribution in [0.3, 0.4) is 0 Å². The van der Waals surface area contributed by atoms with Crippen molar-refractivity contribution in [2.24, 2.45) is 0 Å². The summed E-state index contributed by atoms with van der Waals surface area (Å²) in [6.07, 6.45) is 1.88. The Morgan fingerprint density at radius 3 is 2.12 bits per heavy atom. The molecule has 51 heavy (non-hydrogen) atoms. The van der Waals surface area contributed by atoms with Crippen molar-refractivity contribution in [1.82, 2.24) is 19.5 Å². The maximum Gasteiger partial charge on any atom is 0.120 e. The van der Waals surface area contributed by atoms with E-state index >= 15 is 0 Å². The molecule has 4 heterocycles. The van der Waals surface area contributed by atoms with Crippen LogP contribution >= 0.6 is 0 Å². The van der Waals surface area contributed by atoms with E-state index in [9.17, 15) is 0 Å². The van der Waals surface area contributed by atoms with Crippen molar-refractivity contribution in [1.29, 1.82) is 0 Å². The van der Waals surface area contributed by atoms with Crippen molar-refractivity contribution in [3.05, 3.63) is 143 Å². The molecule has 8 aromatic rings. The first kappa shape index (κ1) is 35.9. The summed E-state index contributed by atoms with van der Waals surface area (Å²) < 4.78 is 8.75. The van der Waals surface area contributed by atoms with E-state index in [1.165, 1.54) is 27.9 Å². The Bertz CT molecular complexity index is 2400. The monoisotopic (exact) mass is 847 g/mol. The fraction of sp³-hybridized carbons (Fsp3) is 0.222. The minimum absolute atomic E-state index is 0. The summed E-state index contributed by atoms with van der Waals surface area (Å²) in [7, 11) is 0. The minimum Gasteiger partial charge on any atom is -0.501 e. The number of imidazole rings is 1. The number of fused-ring (bicyclic) bond motifs is 4. The number of benzene rings is 4. The topological polar surface area (TPSA) is 56.7 Å². The standard InChI is InChI=1S/C32H30N3O.C13H12N.Ir/c1-18(2)22-12-9-13-23(19(3)4)30(22)35-29-21(6)33-20(5)17-27(29)34-32(35)26-15-10-14-25-24-11-7-8-16-28(24)36-31(25)26;1-10-3-6-12(7-4-10)13-8-5-11(2)9-14-13;/h7-14,16-19H,1-6H3;3-6,8-9H,1-2H3;/q2*-1;. The summed E-state index contributed by atoms with van der Waals surface area (Å²) in [6, 6.07) is 37.9. The van der Waals surface area contributed by atoms with Gasteiger partial charge in [-0.15, -0.1) is 53.6 Å². The van der Waals surface area contributed by atoms with Crippen LogP contribution in [0.4, 0.5) is 0 Å². The third-order valence-electron chi connectivity index (χ3n) is 9.22. The fourth-order valence-corrected chi connectivity index (χ4v) is 6.73. The molecule has 259 valence electrons. The van der Waals surface area contributed by atoms with Crippen molar-refractivity contribution >= 4 is 33.0 Å². The smallest absolute Gasteiger partial charge is 0.120 e. The summed E-state index contributed by atoms with van der Waals surface area (Å²) in [6.45, 7) is 17.2. The fourth-order valence-electron chi connectivity index (χ4n) is 6.73. The van der Waals surface area contributed by atoms with Crippen LogP contribution in [0.15, 0.2) is 102 Å². The van der Waals surface area contributed by atoms with Crippen LogP contribution < -0.4 is 0 Å². The van der Waals surface area contributed by atoms with Gasteiger partial charge in [0, 0.05) is 43.1 Å². The molecule has 6 heteroatoms. The Balaban J connectivity index is 0.000000251. The van der Waals surface area contributed by atoms with Gasteiger partial charge in [0.15, 0.2) is 0 Å². The number of hydrogen-bond donors (Lipinski definition) is 0. The third-order valence-corrected chi connectivity index (χ3v) is 9.22. The van der Waals surface area contributed by atoms with Gasteiger partial charge in [0.25, 0.3) is 0 Å². The predicted molar refractivity (Wildman–Crippen MR) is 206 cm³/mol. The Hall–Kier alpha value is -4.90. The van der Waals surface area contributed by atoms with Gasteiger partial charge < -0.3 is 14.0 Å². The quantitative estimate of drug-likeness (QED) is 0.162. The summed E-state index contributed by atoms with van der Waals surface area (Å²) >= 11 is 0. The molecule has 0 N–H and O–H groups in total. The van der Waals surface area contributed by atoms with Gasteiger partial charge in [-0.1, -0.05) is 94.1 Å². The number of aryl methyl sites for hydroxylation is 4. The van der Waals surface area contributed by atoms with E-state index in [0.717, 1.165) is 67.0 Å². The number of furan rings is 1. The molecule has 4 aromatic heterocycles. The normalized spacial score (nSPS) is 11.3. The molecular weight excluding hydrogens is 805 g/mol. The number of nitrogens with zero attached hydrogens (tertiary/aromatic N) is 4. The van der Waals surface area contributed by atoms with E-state index in [1.807, 2.05) is 56.4 Å². The van der Waals surface area contributed by atoms with E-state index in [0.29, 0.717) is 11.8 Å². The van der Waals surface area contributed by atoms with Crippen molar-refractivity contribution in [2.75, 3.05) is 0 Å². The van der Waals surface area contributed by atoms with Gasteiger partial charge in [0.1, 0.15) is 5.58 Å². The first-order valence-corrected chi connectivity index (χ1v) is 17.3. The second kappa shape index (κ2) is 14.8. The van der Waals surface area contributed by atoms with Crippen molar-refractivity contribution in [3.63, 3.8) is 0 Å². The Morgan fingerprint density at radius 2 is 1.45 bits per heavy atom. The van der Waals surface area contributed by atoms with Gasteiger partial charge in [-0.3, -0.25) is 9.97 Å². The van der Waals surface area contributed by atoms with Crippen LogP contribution in [0.2, 0.25) is 0 Å². The molecule has 8 rings (SSSR count). The molecule has 0 saturated carbocycles. The van der Waals surface area contributed by atoms with Crippen LogP contribution in [-0.2, 0) is 20.1 Å². The van der Waals surface area contributed by atoms with E-state index < -0.39 is 0 Å². The van der Waals surface area contributed by atoms with Crippen LogP contribution in [0, 0.1) is 39.8 Å². The zero-order valence-corrected chi connectivity index (χ0v) is 32.8. The number of pyridine rings is 2. The summed E-state index contributed by atoms with van der Waals surface area (Å²) in [4.78, 5) is 14.4. The number of rotatable bonds is 5. The maximum absolute atomic E-state index is 6.43. The molecule has 0 fully saturated rings. The molecule has 0 aliphatic heterocycles.